The summed E-state index contributed by atoms with van der Waals surface area (Å²) in [7, 11) is 1.53. The number of para-hydroxylation sites is 2. The number of hydrogen-bond acceptors (Lipinski definition) is 6. The quantitative estimate of drug-likeness (QED) is 0.630. The van der Waals surface area contributed by atoms with E-state index in [0.29, 0.717) is 29.4 Å². The van der Waals surface area contributed by atoms with E-state index in [9.17, 15) is 4.79 Å². The number of fused-ring (bicyclic) bond motifs is 1. The fourth-order valence-corrected chi connectivity index (χ4v) is 2.55. The van der Waals surface area contributed by atoms with Crippen molar-refractivity contribution in [1.29, 1.82) is 0 Å². The molecular weight excluding hydrogens is 332 g/mol. The Bertz CT molecular complexity index is 940. The minimum absolute atomic E-state index is 0.0536. The number of benzene rings is 2. The van der Waals surface area contributed by atoms with Crippen LogP contribution in [0.5, 0.6) is 11.5 Å². The molecule has 0 aliphatic heterocycles. The number of carbonyl (C=O) groups excluding carboxylic acids is 1. The van der Waals surface area contributed by atoms with Gasteiger partial charge in [-0.05, 0) is 44.2 Å². The third kappa shape index (κ3) is 3.74. The van der Waals surface area contributed by atoms with Gasteiger partial charge in [-0.2, -0.15) is 0 Å². The normalized spacial score (nSPS) is 10.6. The van der Waals surface area contributed by atoms with Gasteiger partial charge in [-0.1, -0.05) is 12.1 Å². The fraction of sp³-hybridized carbons (Fsp3) is 0.250. The predicted octanol–water partition coefficient (Wildman–Crippen LogP) is 3.70. The summed E-state index contributed by atoms with van der Waals surface area (Å²) in [4.78, 5) is 21.4. The van der Waals surface area contributed by atoms with Gasteiger partial charge in [-0.15, -0.1) is 0 Å². The number of aromatic nitrogens is 2. The van der Waals surface area contributed by atoms with Crippen molar-refractivity contribution in [1.82, 2.24) is 9.97 Å². The molecule has 0 aliphatic carbocycles. The summed E-state index contributed by atoms with van der Waals surface area (Å²) in [5.74, 6) is 0.617. The molecule has 0 N–H and O–H groups in total. The minimum Gasteiger partial charge on any atom is -0.493 e. The van der Waals surface area contributed by atoms with Crippen LogP contribution in [0.2, 0.25) is 0 Å². The Hall–Kier alpha value is -3.15. The first-order valence-corrected chi connectivity index (χ1v) is 8.32. The molecule has 0 fully saturated rings. The van der Waals surface area contributed by atoms with E-state index in [1.807, 2.05) is 38.1 Å². The lowest BCUT2D eigenvalue weighted by atomic mass is 10.2. The molecule has 0 atom stereocenters. The SMILES string of the molecule is CCOc1ccc(C(=O)OCc2nc3ccccc3nc2C)cc1OC. The number of hydrogen-bond donors (Lipinski definition) is 0. The zero-order valence-corrected chi connectivity index (χ0v) is 15.0. The van der Waals surface area contributed by atoms with Crippen LogP contribution in [0.25, 0.3) is 11.0 Å². The Morgan fingerprint density at radius 1 is 1.04 bits per heavy atom. The Kier molecular flexibility index (Phi) is 5.31. The van der Waals surface area contributed by atoms with Crippen molar-refractivity contribution in [3.05, 3.63) is 59.4 Å². The lowest BCUT2D eigenvalue weighted by Gasteiger charge is -2.11. The number of ether oxygens (including phenoxy) is 3. The van der Waals surface area contributed by atoms with Crippen molar-refractivity contribution in [2.24, 2.45) is 0 Å². The molecule has 1 aromatic heterocycles. The van der Waals surface area contributed by atoms with Crippen LogP contribution < -0.4 is 9.47 Å². The molecular formula is C20H20N2O4. The standard InChI is InChI=1S/C20H20N2O4/c1-4-25-18-10-9-14(11-19(18)24-3)20(23)26-12-17-13(2)21-15-7-5-6-8-16(15)22-17/h5-11H,4,12H2,1-3H3. The van der Waals surface area contributed by atoms with Gasteiger partial charge in [0.05, 0.1) is 41.7 Å². The summed E-state index contributed by atoms with van der Waals surface area (Å²) in [6.45, 7) is 4.30. The Morgan fingerprint density at radius 2 is 1.77 bits per heavy atom. The van der Waals surface area contributed by atoms with E-state index in [1.165, 1.54) is 7.11 Å². The molecule has 0 radical (unpaired) electrons. The summed E-state index contributed by atoms with van der Waals surface area (Å²) >= 11 is 0. The van der Waals surface area contributed by atoms with Crippen LogP contribution >= 0.6 is 0 Å². The molecule has 0 saturated carbocycles. The average Bonchev–Trinajstić information content (AvgIpc) is 2.66. The molecule has 0 spiro atoms. The first kappa shape index (κ1) is 17.7. The highest BCUT2D eigenvalue weighted by Gasteiger charge is 2.14. The second-order valence-electron chi connectivity index (χ2n) is 5.62. The Balaban J connectivity index is 1.75. The maximum absolute atomic E-state index is 12.4. The molecule has 3 rings (SSSR count). The van der Waals surface area contributed by atoms with E-state index in [-0.39, 0.29) is 6.61 Å². The molecule has 2 aromatic carbocycles. The second-order valence-corrected chi connectivity index (χ2v) is 5.62. The molecule has 0 bridgehead atoms. The topological polar surface area (TPSA) is 70.5 Å². The van der Waals surface area contributed by atoms with Crippen molar-refractivity contribution in [3.8, 4) is 11.5 Å². The maximum atomic E-state index is 12.4. The molecule has 0 unspecified atom stereocenters. The first-order valence-electron chi connectivity index (χ1n) is 8.32. The highest BCUT2D eigenvalue weighted by atomic mass is 16.5. The summed E-state index contributed by atoms with van der Waals surface area (Å²) in [5.41, 5.74) is 3.34. The van der Waals surface area contributed by atoms with E-state index < -0.39 is 5.97 Å². The highest BCUT2D eigenvalue weighted by molar-refractivity contribution is 5.90. The average molecular weight is 352 g/mol. The maximum Gasteiger partial charge on any atom is 0.338 e. The Morgan fingerprint density at radius 3 is 2.46 bits per heavy atom. The van der Waals surface area contributed by atoms with Crippen LogP contribution in [0.15, 0.2) is 42.5 Å². The van der Waals surface area contributed by atoms with Crippen LogP contribution in [0.3, 0.4) is 0 Å². The summed E-state index contributed by atoms with van der Waals surface area (Å²) in [6, 6.07) is 12.5. The number of nitrogens with zero attached hydrogens (tertiary/aromatic N) is 2. The lowest BCUT2D eigenvalue weighted by Crippen LogP contribution is -2.09. The summed E-state index contributed by atoms with van der Waals surface area (Å²) in [6.07, 6.45) is 0. The number of carbonyl (C=O) groups is 1. The van der Waals surface area contributed by atoms with Crippen LogP contribution in [-0.2, 0) is 11.3 Å². The van der Waals surface area contributed by atoms with E-state index in [0.717, 1.165) is 16.7 Å². The van der Waals surface area contributed by atoms with Crippen LogP contribution in [-0.4, -0.2) is 29.7 Å². The fourth-order valence-electron chi connectivity index (χ4n) is 2.55. The van der Waals surface area contributed by atoms with Gasteiger partial charge in [-0.25, -0.2) is 14.8 Å². The van der Waals surface area contributed by atoms with E-state index in [1.54, 1.807) is 18.2 Å². The summed E-state index contributed by atoms with van der Waals surface area (Å²) < 4.78 is 16.1. The number of methoxy groups -OCH3 is 1. The number of esters is 1. The van der Waals surface area contributed by atoms with Gasteiger partial charge < -0.3 is 14.2 Å². The smallest absolute Gasteiger partial charge is 0.338 e. The van der Waals surface area contributed by atoms with Crippen molar-refractivity contribution < 1.29 is 19.0 Å². The minimum atomic E-state index is -0.458. The van der Waals surface area contributed by atoms with Gasteiger partial charge in [-0.3, -0.25) is 0 Å². The zero-order valence-electron chi connectivity index (χ0n) is 15.0. The molecule has 0 amide bonds. The molecule has 0 aliphatic rings. The highest BCUT2D eigenvalue weighted by Crippen LogP contribution is 2.28. The van der Waals surface area contributed by atoms with Crippen molar-refractivity contribution in [3.63, 3.8) is 0 Å². The van der Waals surface area contributed by atoms with Gasteiger partial charge in [0.2, 0.25) is 0 Å². The monoisotopic (exact) mass is 352 g/mol. The molecule has 134 valence electrons. The van der Waals surface area contributed by atoms with Gasteiger partial charge in [0.25, 0.3) is 0 Å². The molecule has 26 heavy (non-hydrogen) atoms. The predicted molar refractivity (Wildman–Crippen MR) is 97.6 cm³/mol. The number of aryl methyl sites for hydroxylation is 1. The van der Waals surface area contributed by atoms with E-state index >= 15 is 0 Å². The van der Waals surface area contributed by atoms with Crippen LogP contribution in [0, 0.1) is 6.92 Å². The Labute approximate surface area is 151 Å². The molecule has 3 aromatic rings. The second kappa shape index (κ2) is 7.82. The van der Waals surface area contributed by atoms with Crippen molar-refractivity contribution >= 4 is 17.0 Å². The number of rotatable bonds is 6. The molecule has 0 saturated heterocycles. The third-order valence-electron chi connectivity index (χ3n) is 3.88. The van der Waals surface area contributed by atoms with E-state index in [2.05, 4.69) is 9.97 Å². The van der Waals surface area contributed by atoms with Gasteiger partial charge >= 0.3 is 5.97 Å². The lowest BCUT2D eigenvalue weighted by molar-refractivity contribution is 0.0466. The van der Waals surface area contributed by atoms with Crippen LogP contribution in [0.1, 0.15) is 28.7 Å². The first-order chi connectivity index (χ1) is 12.6. The zero-order chi connectivity index (χ0) is 18.5. The third-order valence-corrected chi connectivity index (χ3v) is 3.88. The van der Waals surface area contributed by atoms with E-state index in [4.69, 9.17) is 14.2 Å². The molecule has 6 nitrogen and oxygen atoms in total. The van der Waals surface area contributed by atoms with Gasteiger partial charge in [0.15, 0.2) is 11.5 Å². The van der Waals surface area contributed by atoms with Crippen molar-refractivity contribution in [2.45, 2.75) is 20.5 Å². The molecule has 1 heterocycles. The van der Waals surface area contributed by atoms with Crippen LogP contribution in [0.4, 0.5) is 0 Å². The van der Waals surface area contributed by atoms with Gasteiger partial charge in [0.1, 0.15) is 6.61 Å². The largest absolute Gasteiger partial charge is 0.493 e. The van der Waals surface area contributed by atoms with Gasteiger partial charge in [0, 0.05) is 0 Å². The van der Waals surface area contributed by atoms with Crippen molar-refractivity contribution in [2.75, 3.05) is 13.7 Å². The summed E-state index contributed by atoms with van der Waals surface area (Å²) in [5, 5.41) is 0. The molecule has 6 heteroatoms.